The number of nitriles is 1. The standard InChI is InChI=1S/C22H21ClN4O2S2/c1-12-19(30)26-20-17(18(25-12)13-6-4-5-7-15(13)23)14-8-9-27(10-16(14)31-20)21(28)29-22(2,3)11-24/h4-7,12H,8-10H2,1-3H3,(H,26,30). The summed E-state index contributed by atoms with van der Waals surface area (Å²) in [5.41, 5.74) is 2.66. The molecule has 0 fully saturated rings. The van der Waals surface area contributed by atoms with Crippen LogP contribution in [0.25, 0.3) is 0 Å². The summed E-state index contributed by atoms with van der Waals surface area (Å²) in [6, 6.07) is 9.47. The van der Waals surface area contributed by atoms with E-state index in [0.29, 0.717) is 29.5 Å². The second-order valence-corrected chi connectivity index (χ2v) is 9.94. The lowest BCUT2D eigenvalue weighted by atomic mass is 9.95. The number of fused-ring (bicyclic) bond motifs is 3. The zero-order valence-corrected chi connectivity index (χ0v) is 19.7. The molecule has 1 aromatic heterocycles. The van der Waals surface area contributed by atoms with E-state index in [1.807, 2.05) is 37.3 Å². The zero-order chi connectivity index (χ0) is 22.3. The molecule has 1 amide bonds. The summed E-state index contributed by atoms with van der Waals surface area (Å²) in [6.45, 7) is 6.02. The summed E-state index contributed by atoms with van der Waals surface area (Å²) < 4.78 is 5.35. The lowest BCUT2D eigenvalue weighted by Gasteiger charge is -2.29. The summed E-state index contributed by atoms with van der Waals surface area (Å²) in [5, 5.41) is 14.1. The minimum Gasteiger partial charge on any atom is -0.428 e. The van der Waals surface area contributed by atoms with Gasteiger partial charge in [0.25, 0.3) is 0 Å². The number of halogens is 1. The minimum absolute atomic E-state index is 0.181. The number of nitrogens with one attached hydrogen (secondary N) is 1. The molecule has 0 spiro atoms. The van der Waals surface area contributed by atoms with E-state index < -0.39 is 11.7 Å². The average molecular weight is 473 g/mol. The number of nitrogens with zero attached hydrogens (tertiary/aromatic N) is 3. The Balaban J connectivity index is 1.73. The van der Waals surface area contributed by atoms with Crippen LogP contribution in [0.5, 0.6) is 0 Å². The summed E-state index contributed by atoms with van der Waals surface area (Å²) in [5.74, 6) is 0. The van der Waals surface area contributed by atoms with Crippen LogP contribution in [0.1, 0.15) is 42.3 Å². The van der Waals surface area contributed by atoms with Gasteiger partial charge in [-0.2, -0.15) is 5.26 Å². The first-order valence-corrected chi connectivity index (χ1v) is 11.5. The van der Waals surface area contributed by atoms with Crippen LogP contribution in [-0.4, -0.2) is 39.9 Å². The van der Waals surface area contributed by atoms with Gasteiger partial charge in [-0.05, 0) is 38.8 Å². The molecule has 1 N–H and O–H groups in total. The first-order valence-electron chi connectivity index (χ1n) is 9.88. The number of benzene rings is 1. The van der Waals surface area contributed by atoms with Crippen molar-refractivity contribution in [3.63, 3.8) is 0 Å². The predicted octanol–water partition coefficient (Wildman–Crippen LogP) is 5.18. The first kappa shape index (κ1) is 21.8. The molecule has 0 saturated heterocycles. The van der Waals surface area contributed by atoms with Gasteiger partial charge in [-0.25, -0.2) is 4.79 Å². The lowest BCUT2D eigenvalue weighted by molar-refractivity contribution is 0.0423. The average Bonchev–Trinajstić information content (AvgIpc) is 3.03. The van der Waals surface area contributed by atoms with Crippen molar-refractivity contribution < 1.29 is 9.53 Å². The van der Waals surface area contributed by atoms with Crippen molar-refractivity contribution in [2.75, 3.05) is 11.9 Å². The number of hydrogen-bond donors (Lipinski definition) is 1. The van der Waals surface area contributed by atoms with E-state index in [2.05, 4.69) is 5.32 Å². The Bertz CT molecular complexity index is 1150. The highest BCUT2D eigenvalue weighted by molar-refractivity contribution is 7.80. The summed E-state index contributed by atoms with van der Waals surface area (Å²) >= 11 is 13.6. The van der Waals surface area contributed by atoms with Crippen LogP contribution in [0.4, 0.5) is 9.80 Å². The van der Waals surface area contributed by atoms with Crippen LogP contribution in [0.15, 0.2) is 29.3 Å². The highest BCUT2D eigenvalue weighted by atomic mass is 35.5. The van der Waals surface area contributed by atoms with Gasteiger partial charge in [0, 0.05) is 27.6 Å². The highest BCUT2D eigenvalue weighted by Crippen LogP contribution is 2.41. The molecule has 9 heteroatoms. The Labute approximate surface area is 195 Å². The second-order valence-electron chi connectivity index (χ2n) is 7.99. The SMILES string of the molecule is CC1N=C(c2ccccc2Cl)c2c(sc3c2CCN(C(=O)OC(C)(C)C#N)C3)NC1=S. The number of aliphatic imine (C=N–C) groups is 1. The molecule has 3 heterocycles. The number of rotatable bonds is 2. The Morgan fingerprint density at radius 2 is 2.19 bits per heavy atom. The Hall–Kier alpha value is -2.47. The van der Waals surface area contributed by atoms with E-state index >= 15 is 0 Å². The van der Waals surface area contributed by atoms with E-state index in [1.54, 1.807) is 30.1 Å². The number of carbonyl (C=O) groups is 1. The number of carbonyl (C=O) groups excluding carboxylic acids is 1. The fraction of sp³-hybridized carbons (Fsp3) is 0.364. The fourth-order valence-electron chi connectivity index (χ4n) is 3.59. The van der Waals surface area contributed by atoms with Crippen LogP contribution < -0.4 is 5.32 Å². The van der Waals surface area contributed by atoms with Gasteiger partial charge in [-0.1, -0.05) is 42.0 Å². The molecule has 2 aliphatic rings. The van der Waals surface area contributed by atoms with Crippen LogP contribution in [-0.2, 0) is 17.7 Å². The zero-order valence-electron chi connectivity index (χ0n) is 17.4. The van der Waals surface area contributed by atoms with Gasteiger partial charge in [0.15, 0.2) is 5.60 Å². The molecule has 31 heavy (non-hydrogen) atoms. The normalized spacial score (nSPS) is 18.2. The van der Waals surface area contributed by atoms with Gasteiger partial charge >= 0.3 is 6.09 Å². The van der Waals surface area contributed by atoms with E-state index in [0.717, 1.165) is 32.3 Å². The number of hydrogen-bond acceptors (Lipinski definition) is 6. The van der Waals surface area contributed by atoms with Crippen molar-refractivity contribution in [1.82, 2.24) is 4.90 Å². The molecular formula is C22H21ClN4O2S2. The molecular weight excluding hydrogens is 452 g/mol. The van der Waals surface area contributed by atoms with Crippen molar-refractivity contribution in [3.05, 3.63) is 50.9 Å². The molecule has 1 unspecified atom stereocenters. The van der Waals surface area contributed by atoms with Crippen LogP contribution in [0.3, 0.4) is 0 Å². The predicted molar refractivity (Wildman–Crippen MR) is 127 cm³/mol. The minimum atomic E-state index is -1.17. The van der Waals surface area contributed by atoms with Crippen LogP contribution in [0.2, 0.25) is 5.02 Å². The molecule has 2 aliphatic heterocycles. The molecule has 2 aromatic rings. The molecule has 0 radical (unpaired) electrons. The summed E-state index contributed by atoms with van der Waals surface area (Å²) in [4.78, 5) is 20.8. The second kappa shape index (κ2) is 8.23. The highest BCUT2D eigenvalue weighted by Gasteiger charge is 2.34. The third-order valence-electron chi connectivity index (χ3n) is 5.23. The van der Waals surface area contributed by atoms with Gasteiger partial charge in [-0.15, -0.1) is 11.3 Å². The fourth-order valence-corrected chi connectivity index (χ4v) is 5.32. The van der Waals surface area contributed by atoms with E-state index in [9.17, 15) is 4.79 Å². The van der Waals surface area contributed by atoms with Gasteiger partial charge in [-0.3, -0.25) is 4.99 Å². The van der Waals surface area contributed by atoms with Gasteiger partial charge in [0.05, 0.1) is 18.3 Å². The molecule has 6 nitrogen and oxygen atoms in total. The molecule has 160 valence electrons. The van der Waals surface area contributed by atoms with Gasteiger partial charge < -0.3 is 15.0 Å². The quantitative estimate of drug-likeness (QED) is 0.609. The molecule has 0 aliphatic carbocycles. The van der Waals surface area contributed by atoms with Crippen molar-refractivity contribution in [1.29, 1.82) is 5.26 Å². The largest absolute Gasteiger partial charge is 0.428 e. The number of thiophene rings is 1. The van der Waals surface area contributed by atoms with Gasteiger partial charge in [0.1, 0.15) is 16.1 Å². The van der Waals surface area contributed by atoms with Crippen molar-refractivity contribution in [3.8, 4) is 6.07 Å². The monoisotopic (exact) mass is 472 g/mol. The smallest absolute Gasteiger partial charge is 0.411 e. The van der Waals surface area contributed by atoms with Crippen molar-refractivity contribution in [2.24, 2.45) is 4.99 Å². The maximum Gasteiger partial charge on any atom is 0.411 e. The van der Waals surface area contributed by atoms with Gasteiger partial charge in [0.2, 0.25) is 0 Å². The molecule has 1 aromatic carbocycles. The molecule has 4 rings (SSSR count). The molecule has 0 saturated carbocycles. The van der Waals surface area contributed by atoms with Crippen LogP contribution in [0, 0.1) is 11.3 Å². The Morgan fingerprint density at radius 1 is 1.45 bits per heavy atom. The van der Waals surface area contributed by atoms with E-state index in [-0.39, 0.29) is 6.04 Å². The first-order chi connectivity index (χ1) is 14.7. The lowest BCUT2D eigenvalue weighted by Crippen LogP contribution is -2.40. The van der Waals surface area contributed by atoms with Crippen LogP contribution >= 0.6 is 35.2 Å². The topological polar surface area (TPSA) is 77.7 Å². The Morgan fingerprint density at radius 3 is 2.90 bits per heavy atom. The summed E-state index contributed by atoms with van der Waals surface area (Å²) in [7, 11) is 0. The third kappa shape index (κ3) is 4.18. The number of ether oxygens (including phenoxy) is 1. The maximum atomic E-state index is 12.6. The number of anilines is 1. The van der Waals surface area contributed by atoms with Crippen molar-refractivity contribution in [2.45, 2.75) is 45.4 Å². The molecule has 0 bridgehead atoms. The third-order valence-corrected chi connectivity index (χ3v) is 7.14. The van der Waals surface area contributed by atoms with E-state index in [1.165, 1.54) is 0 Å². The molecule has 1 atom stereocenters. The number of amides is 1. The maximum absolute atomic E-state index is 12.6. The number of thiocarbonyl (C=S) groups is 1. The van der Waals surface area contributed by atoms with Crippen molar-refractivity contribution >= 4 is 57.0 Å². The Kier molecular flexibility index (Phi) is 5.77. The summed E-state index contributed by atoms with van der Waals surface area (Å²) in [6.07, 6.45) is 0.160. The van der Waals surface area contributed by atoms with E-state index in [4.69, 9.17) is 38.8 Å².